The van der Waals surface area contributed by atoms with E-state index in [1.54, 1.807) is 0 Å². The summed E-state index contributed by atoms with van der Waals surface area (Å²) in [6, 6.07) is 0. The van der Waals surface area contributed by atoms with Crippen LogP contribution in [0, 0.1) is 0 Å². The largest absolute Gasteiger partial charge is 0 e. The van der Waals surface area contributed by atoms with Crippen LogP contribution < -0.4 is 0 Å². The van der Waals surface area contributed by atoms with Gasteiger partial charge in [-0.05, 0) is 0 Å². The van der Waals surface area contributed by atoms with Crippen LogP contribution in [0.3, 0.4) is 0 Å². The monoisotopic (exact) mass is 381 g/mol. The number of rotatable bonds is 0. The quantitative estimate of drug-likeness (QED) is 0.432. The van der Waals surface area contributed by atoms with Gasteiger partial charge in [0.25, 0.3) is 0 Å². The van der Waals surface area contributed by atoms with Crippen LogP contribution in [0.2, 0.25) is 0 Å². The Morgan fingerprint density at radius 3 is 1.60 bits per heavy atom. The van der Waals surface area contributed by atoms with Crippen molar-refractivity contribution in [2.75, 3.05) is 0 Å². The molecule has 1 unspecified atom stereocenters. The summed E-state index contributed by atoms with van der Waals surface area (Å²) in [5.74, 6) is 0. The summed E-state index contributed by atoms with van der Waals surface area (Å²) in [6.45, 7) is 2.19. The minimum Gasteiger partial charge on any atom is 0 e. The Morgan fingerprint density at radius 1 is 1.60 bits per heavy atom. The molecule has 1 atom stereocenters. The Kier molecular flexibility index (Phi) is 50.9. The van der Waals surface area contributed by atoms with Crippen LogP contribution in [0.4, 0.5) is 0 Å². The Morgan fingerprint density at radius 2 is 1.60 bits per heavy atom. The van der Waals surface area contributed by atoms with Crippen molar-refractivity contribution >= 4 is 6.53 Å². The van der Waals surface area contributed by atoms with Gasteiger partial charge in [-0.3, -0.25) is 0 Å². The fraction of sp³-hybridized carbons (Fsp3) is 0. The first-order valence-corrected chi connectivity index (χ1v) is 6.33. The third-order valence-corrected chi connectivity index (χ3v) is 0. The van der Waals surface area contributed by atoms with Gasteiger partial charge in [0.2, 0.25) is 0 Å². The molecule has 0 spiro atoms. The minimum atomic E-state index is -1.10. The molecule has 0 bridgehead atoms. The topological polar surface area (TPSA) is 17.1 Å². The van der Waals surface area contributed by atoms with E-state index >= 15 is 0 Å². The zero-order chi connectivity index (χ0) is 2.71. The smallest absolute Gasteiger partial charge is 0 e. The molecule has 0 heterocycles. The van der Waals surface area contributed by atoms with Crippen molar-refractivity contribution < 1.29 is 63.0 Å². The molecule has 0 aromatic carbocycles. The zero-order valence-corrected chi connectivity index (χ0v) is 9.74. The van der Waals surface area contributed by atoms with E-state index in [-0.39, 0.29) is 37.6 Å². The fourth-order valence-electron chi connectivity index (χ4n) is 0. The number of hydrogen-bond acceptors (Lipinski definition) is 1. The molecule has 0 rings (SSSR count). The molecule has 0 saturated carbocycles. The van der Waals surface area contributed by atoms with Crippen LogP contribution >= 0.6 is 6.53 Å². The van der Waals surface area contributed by atoms with Crippen molar-refractivity contribution in [3.63, 3.8) is 0 Å². The fourth-order valence-corrected chi connectivity index (χ4v) is 0. The summed E-state index contributed by atoms with van der Waals surface area (Å²) in [5, 5.41) is 0. The molecule has 5 heteroatoms. The van der Waals surface area contributed by atoms with E-state index in [0.29, 0.717) is 0 Å². The van der Waals surface area contributed by atoms with E-state index in [1.807, 2.05) is 0 Å². The Hall–Kier alpha value is 2.29. The molecule has 0 aliphatic rings. The van der Waals surface area contributed by atoms with E-state index in [9.17, 15) is 0 Å². The molecule has 1 nitrogen and oxygen atoms in total. The summed E-state index contributed by atoms with van der Waals surface area (Å²) in [5.41, 5.74) is 0. The van der Waals surface area contributed by atoms with Gasteiger partial charge in [0, 0.05) is 37.6 Å². The van der Waals surface area contributed by atoms with Crippen LogP contribution in [0.1, 0.15) is 0 Å². The summed E-state index contributed by atoms with van der Waals surface area (Å²) >= 11 is -1.10. The summed E-state index contributed by atoms with van der Waals surface area (Å²) in [4.78, 5) is 0. The average molecular weight is 383 g/mol. The molecule has 0 N–H and O–H groups in total. The molecule has 5 heavy (non-hydrogen) atoms. The first-order chi connectivity index (χ1) is 1.41. The van der Waals surface area contributed by atoms with Gasteiger partial charge in [-0.15, -0.1) is 0 Å². The SMILES string of the molecule is [Ni].[O]=[Zr][PH2].[W]. The molecule has 33 valence electrons. The third-order valence-electron chi connectivity index (χ3n) is 0. The maximum absolute atomic E-state index is 9.06. The van der Waals surface area contributed by atoms with E-state index in [0.717, 1.165) is 0 Å². The third kappa shape index (κ3) is 22.0. The van der Waals surface area contributed by atoms with Crippen molar-refractivity contribution in [1.29, 1.82) is 0 Å². The molecule has 0 amide bonds. The normalized spacial score (nSPS) is 1.80. The van der Waals surface area contributed by atoms with Gasteiger partial charge in [0.15, 0.2) is 0 Å². The zero-order valence-electron chi connectivity index (χ0n) is 2.21. The predicted octanol–water partition coefficient (Wildman–Crippen LogP) is 0.200. The van der Waals surface area contributed by atoms with Crippen molar-refractivity contribution in [2.24, 2.45) is 0 Å². The Balaban J connectivity index is -0.0000000200. The van der Waals surface area contributed by atoms with Gasteiger partial charge in [-0.2, -0.15) is 0 Å². The Bertz CT molecular complexity index is 19.1. The van der Waals surface area contributed by atoms with Gasteiger partial charge in [-0.25, -0.2) is 0 Å². The van der Waals surface area contributed by atoms with E-state index < -0.39 is 22.7 Å². The van der Waals surface area contributed by atoms with Crippen LogP contribution in [0.5, 0.6) is 0 Å². The molecule has 0 aromatic rings. The Labute approximate surface area is 68.7 Å². The molecule has 0 aliphatic carbocycles. The molecule has 0 fully saturated rings. The molecule has 0 saturated heterocycles. The van der Waals surface area contributed by atoms with Gasteiger partial charge >= 0.3 is 32.0 Å². The maximum atomic E-state index is 9.06. The van der Waals surface area contributed by atoms with Crippen molar-refractivity contribution in [1.82, 2.24) is 0 Å². The molecule has 0 aromatic heterocycles. The summed E-state index contributed by atoms with van der Waals surface area (Å²) in [6.07, 6.45) is 0. The second-order valence-corrected chi connectivity index (χ2v) is 2.09. The summed E-state index contributed by atoms with van der Waals surface area (Å²) in [7, 11) is 0. The van der Waals surface area contributed by atoms with Gasteiger partial charge < -0.3 is 0 Å². The minimum absolute atomic E-state index is 0. The van der Waals surface area contributed by atoms with E-state index in [2.05, 4.69) is 6.53 Å². The molecule has 0 radical (unpaired) electrons. The van der Waals surface area contributed by atoms with Gasteiger partial charge in [0.1, 0.15) is 0 Å². The molecular weight excluding hydrogens is 381 g/mol. The van der Waals surface area contributed by atoms with Gasteiger partial charge in [0.05, 0.1) is 0 Å². The van der Waals surface area contributed by atoms with Crippen LogP contribution in [0.15, 0.2) is 0 Å². The maximum Gasteiger partial charge on any atom is 0 e. The second kappa shape index (κ2) is 16.3. The van der Waals surface area contributed by atoms with Crippen molar-refractivity contribution in [2.45, 2.75) is 0 Å². The van der Waals surface area contributed by atoms with Crippen LogP contribution in [-0.2, 0) is 63.0 Å². The predicted molar refractivity (Wildman–Crippen MR) is 10.4 cm³/mol. The summed E-state index contributed by atoms with van der Waals surface area (Å²) < 4.78 is 9.06. The van der Waals surface area contributed by atoms with E-state index in [1.165, 1.54) is 0 Å². The first-order valence-electron chi connectivity index (χ1n) is 0.493. The van der Waals surface area contributed by atoms with Crippen LogP contribution in [0.25, 0.3) is 0 Å². The first kappa shape index (κ1) is 15.7. The molecular formula is H2NiOPWZr. The van der Waals surface area contributed by atoms with Crippen molar-refractivity contribution in [3.8, 4) is 0 Å². The van der Waals surface area contributed by atoms with E-state index in [4.69, 9.17) is 2.81 Å². The van der Waals surface area contributed by atoms with Crippen LogP contribution in [-0.4, -0.2) is 0 Å². The van der Waals surface area contributed by atoms with Crippen molar-refractivity contribution in [3.05, 3.63) is 0 Å². The second-order valence-electron chi connectivity index (χ2n) is 0.118. The standard InChI is InChI=1S/Ni.O.H2P.W.Zr/h;;1H2;;/q;;-1;;+1. The molecule has 0 aliphatic heterocycles. The average Bonchev–Trinajstić information content (AvgIpc) is 0.918. The number of hydrogen-bond donors (Lipinski definition) is 0. The van der Waals surface area contributed by atoms with Gasteiger partial charge in [-0.1, -0.05) is 0 Å².